The van der Waals surface area contributed by atoms with Crippen LogP contribution in [0, 0.1) is 13.8 Å². The van der Waals surface area contributed by atoms with Crippen molar-refractivity contribution in [2.75, 3.05) is 0 Å². The van der Waals surface area contributed by atoms with E-state index in [2.05, 4.69) is 51.4 Å². The van der Waals surface area contributed by atoms with Crippen LogP contribution in [0.25, 0.3) is 32.0 Å². The van der Waals surface area contributed by atoms with Gasteiger partial charge in [-0.1, -0.05) is 47.7 Å². The molecule has 0 radical (unpaired) electrons. The monoisotopic (exact) mass is 451 g/mol. The summed E-state index contributed by atoms with van der Waals surface area (Å²) in [6.45, 7) is 4.09. The molecule has 0 aliphatic carbocycles. The summed E-state index contributed by atoms with van der Waals surface area (Å²) in [5.74, 6) is 1.86. The minimum atomic E-state index is -0.107. The number of benzene rings is 1. The van der Waals surface area contributed by atoms with Gasteiger partial charge in [0, 0.05) is 10.4 Å². The summed E-state index contributed by atoms with van der Waals surface area (Å²) in [6, 6.07) is 12.2. The Bertz CT molecular complexity index is 1380. The SMILES string of the molecule is Cc1ccc(-c2c(C)sc3nc(CSc4n[nH]c(-c5cccs5)n4)[nH]c(=O)c23)cc1. The van der Waals surface area contributed by atoms with Crippen molar-refractivity contribution in [1.82, 2.24) is 25.1 Å². The van der Waals surface area contributed by atoms with Crippen molar-refractivity contribution in [2.24, 2.45) is 0 Å². The third-order valence-corrected chi connectivity index (χ3v) is 7.42. The largest absolute Gasteiger partial charge is 0.309 e. The minimum absolute atomic E-state index is 0.107. The summed E-state index contributed by atoms with van der Waals surface area (Å²) in [4.78, 5) is 28.0. The summed E-state index contributed by atoms with van der Waals surface area (Å²) in [5, 5.41) is 10.5. The fraction of sp³-hybridized carbons (Fsp3) is 0.143. The predicted octanol–water partition coefficient (Wildman–Crippen LogP) is 5.41. The molecule has 150 valence electrons. The zero-order valence-electron chi connectivity index (χ0n) is 16.2. The van der Waals surface area contributed by atoms with Crippen LogP contribution in [0.1, 0.15) is 16.3 Å². The second-order valence-corrected chi connectivity index (χ2v) is 9.92. The van der Waals surface area contributed by atoms with Crippen LogP contribution in [0.2, 0.25) is 0 Å². The van der Waals surface area contributed by atoms with Crippen LogP contribution in [0.15, 0.2) is 51.7 Å². The Morgan fingerprint density at radius 1 is 1.10 bits per heavy atom. The Kier molecular flexibility index (Phi) is 5.01. The van der Waals surface area contributed by atoms with E-state index in [0.29, 0.717) is 22.1 Å². The highest BCUT2D eigenvalue weighted by molar-refractivity contribution is 7.98. The quantitative estimate of drug-likeness (QED) is 0.349. The maximum Gasteiger partial charge on any atom is 0.260 e. The van der Waals surface area contributed by atoms with Gasteiger partial charge in [-0.05, 0) is 30.9 Å². The molecular weight excluding hydrogens is 434 g/mol. The number of nitrogens with zero attached hydrogens (tertiary/aromatic N) is 3. The molecule has 30 heavy (non-hydrogen) atoms. The Hall–Kier alpha value is -2.75. The van der Waals surface area contributed by atoms with Gasteiger partial charge in [-0.2, -0.15) is 0 Å². The molecular formula is C21H17N5OS3. The van der Waals surface area contributed by atoms with E-state index in [9.17, 15) is 4.79 Å². The first kappa shape index (κ1) is 19.2. The van der Waals surface area contributed by atoms with Crippen LogP contribution in [0.3, 0.4) is 0 Å². The second-order valence-electron chi connectivity index (χ2n) is 6.82. The van der Waals surface area contributed by atoms with Crippen molar-refractivity contribution in [1.29, 1.82) is 0 Å². The average Bonchev–Trinajstić information content (AvgIpc) is 3.46. The Morgan fingerprint density at radius 3 is 2.70 bits per heavy atom. The lowest BCUT2D eigenvalue weighted by atomic mass is 10.0. The van der Waals surface area contributed by atoms with Crippen molar-refractivity contribution in [3.05, 3.63) is 68.4 Å². The Balaban J connectivity index is 1.43. The Labute approximate surface area is 184 Å². The molecule has 0 aliphatic heterocycles. The van der Waals surface area contributed by atoms with E-state index in [1.54, 1.807) is 22.7 Å². The molecule has 5 aromatic rings. The minimum Gasteiger partial charge on any atom is -0.309 e. The van der Waals surface area contributed by atoms with E-state index in [-0.39, 0.29) is 5.56 Å². The molecule has 0 unspecified atom stereocenters. The third kappa shape index (κ3) is 3.60. The molecule has 0 bridgehead atoms. The number of aromatic amines is 2. The molecule has 0 spiro atoms. The van der Waals surface area contributed by atoms with Crippen LogP contribution < -0.4 is 5.56 Å². The van der Waals surface area contributed by atoms with Crippen LogP contribution in [0.5, 0.6) is 0 Å². The third-order valence-electron chi connectivity index (χ3n) is 4.68. The molecule has 0 amide bonds. The summed E-state index contributed by atoms with van der Waals surface area (Å²) in [7, 11) is 0. The van der Waals surface area contributed by atoms with E-state index in [1.165, 1.54) is 17.3 Å². The average molecular weight is 452 g/mol. The first-order valence-electron chi connectivity index (χ1n) is 9.27. The number of aryl methyl sites for hydroxylation is 2. The van der Waals surface area contributed by atoms with Crippen molar-refractivity contribution in [3.63, 3.8) is 0 Å². The van der Waals surface area contributed by atoms with Crippen molar-refractivity contribution < 1.29 is 0 Å². The van der Waals surface area contributed by atoms with Crippen LogP contribution in [-0.2, 0) is 5.75 Å². The van der Waals surface area contributed by atoms with E-state index < -0.39 is 0 Å². The molecule has 0 saturated carbocycles. The topological polar surface area (TPSA) is 87.3 Å². The predicted molar refractivity (Wildman–Crippen MR) is 124 cm³/mol. The normalized spacial score (nSPS) is 11.4. The lowest BCUT2D eigenvalue weighted by molar-refractivity contribution is 0.966. The fourth-order valence-electron chi connectivity index (χ4n) is 3.27. The van der Waals surface area contributed by atoms with Gasteiger partial charge in [0.2, 0.25) is 5.16 Å². The van der Waals surface area contributed by atoms with Crippen LogP contribution in [0.4, 0.5) is 0 Å². The number of rotatable bonds is 5. The van der Waals surface area contributed by atoms with Gasteiger partial charge in [-0.3, -0.25) is 9.89 Å². The smallest absolute Gasteiger partial charge is 0.260 e. The number of fused-ring (bicyclic) bond motifs is 1. The molecule has 0 saturated heterocycles. The van der Waals surface area contributed by atoms with Gasteiger partial charge in [-0.25, -0.2) is 9.97 Å². The zero-order valence-corrected chi connectivity index (χ0v) is 18.7. The number of nitrogens with one attached hydrogen (secondary N) is 2. The van der Waals surface area contributed by atoms with E-state index >= 15 is 0 Å². The first-order chi connectivity index (χ1) is 14.6. The number of thioether (sulfide) groups is 1. The highest BCUT2D eigenvalue weighted by Crippen LogP contribution is 2.36. The van der Waals surface area contributed by atoms with E-state index in [0.717, 1.165) is 31.5 Å². The fourth-order valence-corrected chi connectivity index (χ4v) is 5.66. The number of hydrogen-bond acceptors (Lipinski definition) is 7. The molecule has 6 nitrogen and oxygen atoms in total. The standard InChI is InChI=1S/C21H17N5OS3/c1-11-5-7-13(8-6-11)16-12(2)30-20-17(16)19(27)22-15(23-20)10-29-21-24-18(25-26-21)14-4-3-9-28-14/h3-9H,10H2,1-2H3,(H,22,23,27)(H,24,25,26). The molecule has 0 atom stereocenters. The molecule has 5 rings (SSSR count). The molecule has 4 heterocycles. The summed E-state index contributed by atoms with van der Waals surface area (Å²) in [5.41, 5.74) is 3.10. The maximum atomic E-state index is 12.9. The van der Waals surface area contributed by atoms with Crippen molar-refractivity contribution >= 4 is 44.7 Å². The molecule has 1 aromatic carbocycles. The van der Waals surface area contributed by atoms with Crippen LogP contribution in [-0.4, -0.2) is 25.1 Å². The number of thiophene rings is 2. The lowest BCUT2D eigenvalue weighted by Gasteiger charge is -2.03. The number of hydrogen-bond donors (Lipinski definition) is 2. The van der Waals surface area contributed by atoms with Gasteiger partial charge < -0.3 is 4.98 Å². The lowest BCUT2D eigenvalue weighted by Crippen LogP contribution is -2.10. The van der Waals surface area contributed by atoms with Gasteiger partial charge in [-0.15, -0.1) is 27.8 Å². The van der Waals surface area contributed by atoms with Crippen molar-refractivity contribution in [3.8, 4) is 21.8 Å². The summed E-state index contributed by atoms with van der Waals surface area (Å²) < 4.78 is 0. The first-order valence-corrected chi connectivity index (χ1v) is 11.9. The number of H-pyrrole nitrogens is 2. The van der Waals surface area contributed by atoms with Crippen LogP contribution >= 0.6 is 34.4 Å². The van der Waals surface area contributed by atoms with Gasteiger partial charge in [0.05, 0.1) is 16.0 Å². The number of aromatic nitrogens is 5. The zero-order chi connectivity index (χ0) is 20.7. The van der Waals surface area contributed by atoms with E-state index in [4.69, 9.17) is 4.98 Å². The highest BCUT2D eigenvalue weighted by atomic mass is 32.2. The van der Waals surface area contributed by atoms with Gasteiger partial charge in [0.1, 0.15) is 10.7 Å². The maximum absolute atomic E-state index is 12.9. The summed E-state index contributed by atoms with van der Waals surface area (Å²) >= 11 is 4.60. The van der Waals surface area contributed by atoms with E-state index in [1.807, 2.05) is 24.4 Å². The summed E-state index contributed by atoms with van der Waals surface area (Å²) in [6.07, 6.45) is 0. The molecule has 9 heteroatoms. The molecule has 0 aliphatic rings. The highest BCUT2D eigenvalue weighted by Gasteiger charge is 2.17. The molecule has 4 aromatic heterocycles. The Morgan fingerprint density at radius 2 is 1.93 bits per heavy atom. The molecule has 2 N–H and O–H groups in total. The van der Waals surface area contributed by atoms with Gasteiger partial charge in [0.25, 0.3) is 5.56 Å². The van der Waals surface area contributed by atoms with Gasteiger partial charge in [0.15, 0.2) is 5.82 Å². The molecule has 0 fully saturated rings. The van der Waals surface area contributed by atoms with Crippen molar-refractivity contribution in [2.45, 2.75) is 24.8 Å². The second kappa shape index (κ2) is 7.82. The van der Waals surface area contributed by atoms with Gasteiger partial charge >= 0.3 is 0 Å².